The maximum Gasteiger partial charge on any atom is 0.241 e. The Balaban J connectivity index is 1.15. The molecule has 2 amide bonds. The molecule has 3 aromatic rings. The number of carbonyl (C=O) groups excluding carboxylic acids is 2. The molecule has 2 fully saturated rings. The highest BCUT2D eigenvalue weighted by molar-refractivity contribution is 5.98. The summed E-state index contributed by atoms with van der Waals surface area (Å²) in [6.45, 7) is 4.90. The monoisotopic (exact) mass is 459 g/mol. The zero-order valence-corrected chi connectivity index (χ0v) is 19.4. The van der Waals surface area contributed by atoms with Crippen LogP contribution < -0.4 is 10.2 Å². The van der Waals surface area contributed by atoms with E-state index in [0.29, 0.717) is 24.7 Å². The summed E-state index contributed by atoms with van der Waals surface area (Å²) < 4.78 is 5.44. The summed E-state index contributed by atoms with van der Waals surface area (Å²) in [4.78, 5) is 33.7. The van der Waals surface area contributed by atoms with Crippen molar-refractivity contribution in [2.75, 3.05) is 29.9 Å². The molecule has 5 rings (SSSR count). The summed E-state index contributed by atoms with van der Waals surface area (Å²) in [6, 6.07) is 15.6. The fourth-order valence-corrected chi connectivity index (χ4v) is 4.69. The molecule has 2 aliphatic heterocycles. The molecule has 0 spiro atoms. The van der Waals surface area contributed by atoms with Crippen molar-refractivity contribution >= 4 is 23.2 Å². The molecule has 0 radical (unpaired) electrons. The lowest BCUT2D eigenvalue weighted by Crippen LogP contribution is -2.37. The van der Waals surface area contributed by atoms with Gasteiger partial charge in [0.25, 0.3) is 0 Å². The Labute approximate surface area is 198 Å². The van der Waals surface area contributed by atoms with Crippen molar-refractivity contribution in [2.45, 2.75) is 39.2 Å². The van der Waals surface area contributed by atoms with Gasteiger partial charge >= 0.3 is 0 Å². The first-order valence-electron chi connectivity index (χ1n) is 11.9. The van der Waals surface area contributed by atoms with E-state index in [1.54, 1.807) is 0 Å². The minimum absolute atomic E-state index is 0.0337. The number of aryl methyl sites for hydroxylation is 1. The molecule has 8 heteroatoms. The van der Waals surface area contributed by atoms with E-state index in [4.69, 9.17) is 4.52 Å². The van der Waals surface area contributed by atoms with Gasteiger partial charge in [0.15, 0.2) is 0 Å². The Morgan fingerprint density at radius 3 is 2.65 bits per heavy atom. The number of anilines is 2. The highest BCUT2D eigenvalue weighted by Crippen LogP contribution is 2.29. The largest absolute Gasteiger partial charge is 0.338 e. The zero-order chi connectivity index (χ0) is 23.5. The standard InChI is InChI=1S/C26H29N5O3/c1-18-9-10-21(16-22(18)31-13-5-8-24(31)32)27-26(33)20-11-14-30(15-12-20)17-23-28-25(29-34-23)19-6-3-2-4-7-19/h2-4,6-7,9-10,16,20H,5,8,11-15,17H2,1H3,(H,27,33). The number of benzene rings is 2. The molecule has 0 aliphatic carbocycles. The quantitative estimate of drug-likeness (QED) is 0.599. The minimum Gasteiger partial charge on any atom is -0.338 e. The van der Waals surface area contributed by atoms with Crippen molar-refractivity contribution in [1.29, 1.82) is 0 Å². The molecule has 2 saturated heterocycles. The first-order chi connectivity index (χ1) is 16.6. The molecule has 8 nitrogen and oxygen atoms in total. The van der Waals surface area contributed by atoms with E-state index >= 15 is 0 Å². The Hall–Kier alpha value is -3.52. The molecular formula is C26H29N5O3. The molecule has 0 unspecified atom stereocenters. The number of hydrogen-bond donors (Lipinski definition) is 1. The predicted molar refractivity (Wildman–Crippen MR) is 129 cm³/mol. The zero-order valence-electron chi connectivity index (χ0n) is 19.4. The number of rotatable bonds is 6. The van der Waals surface area contributed by atoms with Crippen molar-refractivity contribution in [1.82, 2.24) is 15.0 Å². The summed E-state index contributed by atoms with van der Waals surface area (Å²) in [5.74, 6) is 1.32. The normalized spacial score (nSPS) is 17.3. The van der Waals surface area contributed by atoms with Crippen LogP contribution in [0.25, 0.3) is 11.4 Å². The number of amides is 2. The summed E-state index contributed by atoms with van der Waals surface area (Å²) in [5, 5.41) is 7.15. The SMILES string of the molecule is Cc1ccc(NC(=O)C2CCN(Cc3nc(-c4ccccc4)no3)CC2)cc1N1CCCC1=O. The molecule has 3 heterocycles. The van der Waals surface area contributed by atoms with Gasteiger partial charge in [-0.3, -0.25) is 14.5 Å². The van der Waals surface area contributed by atoms with Gasteiger partial charge in [-0.15, -0.1) is 0 Å². The lowest BCUT2D eigenvalue weighted by atomic mass is 9.95. The van der Waals surface area contributed by atoms with Gasteiger partial charge in [0.1, 0.15) is 0 Å². The fourth-order valence-electron chi connectivity index (χ4n) is 4.69. The predicted octanol–water partition coefficient (Wildman–Crippen LogP) is 4.02. The van der Waals surface area contributed by atoms with Crippen LogP contribution >= 0.6 is 0 Å². The van der Waals surface area contributed by atoms with E-state index in [-0.39, 0.29) is 17.7 Å². The Bertz CT molecular complexity index is 1170. The highest BCUT2D eigenvalue weighted by Gasteiger charge is 2.27. The van der Waals surface area contributed by atoms with Crippen molar-refractivity contribution in [3.63, 3.8) is 0 Å². The first-order valence-corrected chi connectivity index (χ1v) is 11.9. The second-order valence-electron chi connectivity index (χ2n) is 9.07. The van der Waals surface area contributed by atoms with Crippen molar-refractivity contribution in [3.8, 4) is 11.4 Å². The third kappa shape index (κ3) is 4.87. The van der Waals surface area contributed by atoms with Crippen LogP contribution in [0.2, 0.25) is 0 Å². The second-order valence-corrected chi connectivity index (χ2v) is 9.07. The minimum atomic E-state index is -0.0445. The molecule has 1 N–H and O–H groups in total. The van der Waals surface area contributed by atoms with Crippen molar-refractivity contribution in [3.05, 3.63) is 60.0 Å². The molecule has 0 saturated carbocycles. The van der Waals surface area contributed by atoms with Gasteiger partial charge in [0.05, 0.1) is 6.54 Å². The van der Waals surface area contributed by atoms with E-state index in [9.17, 15) is 9.59 Å². The molecule has 176 valence electrons. The van der Waals surface area contributed by atoms with Crippen LogP contribution in [0.1, 0.15) is 37.1 Å². The van der Waals surface area contributed by atoms with Crippen LogP contribution in [0.3, 0.4) is 0 Å². The number of hydrogen-bond acceptors (Lipinski definition) is 6. The van der Waals surface area contributed by atoms with Crippen LogP contribution in [-0.4, -0.2) is 46.5 Å². The smallest absolute Gasteiger partial charge is 0.241 e. The molecule has 1 aromatic heterocycles. The van der Waals surface area contributed by atoms with Crippen molar-refractivity contribution in [2.24, 2.45) is 5.92 Å². The molecule has 2 aromatic carbocycles. The van der Waals surface area contributed by atoms with Crippen LogP contribution in [0, 0.1) is 12.8 Å². The van der Waals surface area contributed by atoms with Gasteiger partial charge in [-0.2, -0.15) is 4.98 Å². The summed E-state index contributed by atoms with van der Waals surface area (Å²) in [5.41, 5.74) is 3.61. The molecule has 0 atom stereocenters. The van der Waals surface area contributed by atoms with Gasteiger partial charge < -0.3 is 14.7 Å². The van der Waals surface area contributed by atoms with Gasteiger partial charge in [0, 0.05) is 35.8 Å². The van der Waals surface area contributed by atoms with Gasteiger partial charge in [0.2, 0.25) is 23.5 Å². The van der Waals surface area contributed by atoms with E-state index in [2.05, 4.69) is 20.4 Å². The van der Waals surface area contributed by atoms with Gasteiger partial charge in [-0.1, -0.05) is 41.6 Å². The Morgan fingerprint density at radius 1 is 1.12 bits per heavy atom. The lowest BCUT2D eigenvalue weighted by Gasteiger charge is -2.30. The van der Waals surface area contributed by atoms with Crippen LogP contribution in [0.15, 0.2) is 53.1 Å². The van der Waals surface area contributed by atoms with Crippen molar-refractivity contribution < 1.29 is 14.1 Å². The molecular weight excluding hydrogens is 430 g/mol. The average molecular weight is 460 g/mol. The summed E-state index contributed by atoms with van der Waals surface area (Å²) in [6.07, 6.45) is 3.01. The van der Waals surface area contributed by atoms with Gasteiger partial charge in [-0.05, 0) is 57.0 Å². The summed E-state index contributed by atoms with van der Waals surface area (Å²) >= 11 is 0. The third-order valence-corrected chi connectivity index (χ3v) is 6.66. The summed E-state index contributed by atoms with van der Waals surface area (Å²) in [7, 11) is 0. The van der Waals surface area contributed by atoms with Crippen LogP contribution in [0.4, 0.5) is 11.4 Å². The van der Waals surface area contributed by atoms with E-state index < -0.39 is 0 Å². The highest BCUT2D eigenvalue weighted by atomic mass is 16.5. The Kier molecular flexibility index (Phi) is 6.40. The van der Waals surface area contributed by atoms with Crippen LogP contribution in [-0.2, 0) is 16.1 Å². The van der Waals surface area contributed by atoms with Gasteiger partial charge in [-0.25, -0.2) is 0 Å². The second kappa shape index (κ2) is 9.77. The first kappa shape index (κ1) is 22.3. The fraction of sp³-hybridized carbons (Fsp3) is 0.385. The number of nitrogens with zero attached hydrogens (tertiary/aromatic N) is 4. The number of nitrogens with one attached hydrogen (secondary N) is 1. The van der Waals surface area contributed by atoms with Crippen LogP contribution in [0.5, 0.6) is 0 Å². The maximum atomic E-state index is 12.9. The Morgan fingerprint density at radius 2 is 1.91 bits per heavy atom. The van der Waals surface area contributed by atoms with E-state index in [1.807, 2.05) is 60.4 Å². The average Bonchev–Trinajstić information content (AvgIpc) is 3.50. The lowest BCUT2D eigenvalue weighted by molar-refractivity contribution is -0.121. The molecule has 0 bridgehead atoms. The number of aromatic nitrogens is 2. The van der Waals surface area contributed by atoms with E-state index in [1.165, 1.54) is 0 Å². The third-order valence-electron chi connectivity index (χ3n) is 6.66. The molecule has 34 heavy (non-hydrogen) atoms. The molecule has 2 aliphatic rings. The number of piperidine rings is 1. The van der Waals surface area contributed by atoms with E-state index in [0.717, 1.165) is 61.4 Å². The topological polar surface area (TPSA) is 91.6 Å². The number of likely N-dealkylation sites (tertiary alicyclic amines) is 1. The number of carbonyl (C=O) groups is 2. The maximum absolute atomic E-state index is 12.9.